The van der Waals surface area contributed by atoms with E-state index in [1.165, 1.54) is 0 Å². The van der Waals surface area contributed by atoms with Gasteiger partial charge in [-0.1, -0.05) is 13.8 Å². The number of hydrogen-bond donors (Lipinski definition) is 3. The first kappa shape index (κ1) is 16.8. The van der Waals surface area contributed by atoms with Crippen LogP contribution in [0.5, 0.6) is 0 Å². The third-order valence-corrected chi connectivity index (χ3v) is 3.72. The molecule has 0 radical (unpaired) electrons. The summed E-state index contributed by atoms with van der Waals surface area (Å²) in [6.45, 7) is 10.7. The molecule has 1 aliphatic heterocycles. The minimum atomic E-state index is 0.591. The third kappa shape index (κ3) is 5.31. The molecule has 2 rings (SSSR count). The fourth-order valence-electron chi connectivity index (χ4n) is 2.31. The van der Waals surface area contributed by atoms with Crippen molar-refractivity contribution in [1.82, 2.24) is 14.9 Å². The van der Waals surface area contributed by atoms with Gasteiger partial charge in [-0.3, -0.25) is 4.90 Å². The molecule has 0 saturated carbocycles. The summed E-state index contributed by atoms with van der Waals surface area (Å²) in [4.78, 5) is 10.8. The normalized spacial score (nSPS) is 16.0. The number of ether oxygens (including phenoxy) is 1. The second-order valence-electron chi connectivity index (χ2n) is 5.97. The summed E-state index contributed by atoms with van der Waals surface area (Å²) < 4.78 is 5.34. The average molecular weight is 308 g/mol. The number of hydrogen-bond acceptors (Lipinski definition) is 7. The van der Waals surface area contributed by atoms with Crippen molar-refractivity contribution in [3.05, 3.63) is 6.33 Å². The Kier molecular flexibility index (Phi) is 6.67. The summed E-state index contributed by atoms with van der Waals surface area (Å²) in [5.41, 5.74) is 6.73. The van der Waals surface area contributed by atoms with E-state index in [1.54, 1.807) is 6.33 Å². The van der Waals surface area contributed by atoms with Crippen LogP contribution in [0.3, 0.4) is 0 Å². The minimum Gasteiger partial charge on any atom is -0.393 e. The zero-order chi connectivity index (χ0) is 15.8. The number of morpholine rings is 1. The maximum absolute atomic E-state index is 6.14. The van der Waals surface area contributed by atoms with Gasteiger partial charge in [-0.15, -0.1) is 0 Å². The van der Waals surface area contributed by atoms with Crippen LogP contribution in [0.15, 0.2) is 6.33 Å². The Balaban J connectivity index is 1.80. The summed E-state index contributed by atoms with van der Waals surface area (Å²) in [5.74, 6) is 2.07. The van der Waals surface area contributed by atoms with E-state index < -0.39 is 0 Å². The van der Waals surface area contributed by atoms with Crippen LogP contribution in [0.2, 0.25) is 0 Å². The predicted octanol–water partition coefficient (Wildman–Crippen LogP) is 1.26. The molecule has 4 N–H and O–H groups in total. The molecule has 1 aromatic heterocycles. The molecular formula is C15H28N6O. The van der Waals surface area contributed by atoms with Gasteiger partial charge in [0.25, 0.3) is 0 Å². The summed E-state index contributed by atoms with van der Waals surface area (Å²) in [5, 5.41) is 6.58. The molecule has 1 saturated heterocycles. The average Bonchev–Trinajstić information content (AvgIpc) is 2.51. The second-order valence-corrected chi connectivity index (χ2v) is 5.97. The van der Waals surface area contributed by atoms with Gasteiger partial charge in [-0.25, -0.2) is 9.97 Å². The lowest BCUT2D eigenvalue weighted by molar-refractivity contribution is 0.0398. The van der Waals surface area contributed by atoms with Gasteiger partial charge in [0.15, 0.2) is 11.6 Å². The minimum absolute atomic E-state index is 0.591. The standard InChI is InChI=1S/C15H28N6O/c1-12(2)3-4-17-14-13(16)15(20-11-19-14)18-5-6-21-7-9-22-10-8-21/h11-12H,3-10,16H2,1-2H3,(H2,17,18,19,20). The number of aromatic nitrogens is 2. The highest BCUT2D eigenvalue weighted by Gasteiger charge is 2.11. The Morgan fingerprint density at radius 1 is 1.18 bits per heavy atom. The molecule has 0 bridgehead atoms. The molecular weight excluding hydrogens is 280 g/mol. The van der Waals surface area contributed by atoms with E-state index in [1.807, 2.05) is 0 Å². The molecule has 0 aliphatic carbocycles. The topological polar surface area (TPSA) is 88.3 Å². The van der Waals surface area contributed by atoms with E-state index in [0.717, 1.165) is 52.4 Å². The smallest absolute Gasteiger partial charge is 0.154 e. The maximum atomic E-state index is 6.14. The van der Waals surface area contributed by atoms with Gasteiger partial charge >= 0.3 is 0 Å². The molecule has 0 amide bonds. The number of nitrogens with zero attached hydrogens (tertiary/aromatic N) is 3. The first-order valence-electron chi connectivity index (χ1n) is 8.05. The molecule has 7 nitrogen and oxygen atoms in total. The van der Waals surface area contributed by atoms with Crippen LogP contribution >= 0.6 is 0 Å². The van der Waals surface area contributed by atoms with Crippen LogP contribution in [0.4, 0.5) is 17.3 Å². The Hall–Kier alpha value is -1.60. The highest BCUT2D eigenvalue weighted by Crippen LogP contribution is 2.22. The van der Waals surface area contributed by atoms with Crippen LogP contribution in [0.25, 0.3) is 0 Å². The lowest BCUT2D eigenvalue weighted by atomic mass is 10.1. The van der Waals surface area contributed by atoms with E-state index >= 15 is 0 Å². The van der Waals surface area contributed by atoms with Crippen molar-refractivity contribution in [2.75, 3.05) is 62.3 Å². The van der Waals surface area contributed by atoms with Gasteiger partial charge in [0.1, 0.15) is 12.0 Å². The first-order valence-corrected chi connectivity index (χ1v) is 8.05. The molecule has 124 valence electrons. The Morgan fingerprint density at radius 3 is 2.45 bits per heavy atom. The van der Waals surface area contributed by atoms with Gasteiger partial charge in [-0.05, 0) is 12.3 Å². The molecule has 0 unspecified atom stereocenters. The second kappa shape index (κ2) is 8.75. The van der Waals surface area contributed by atoms with E-state index in [9.17, 15) is 0 Å². The zero-order valence-corrected chi connectivity index (χ0v) is 13.6. The highest BCUT2D eigenvalue weighted by molar-refractivity contribution is 5.73. The van der Waals surface area contributed by atoms with Gasteiger partial charge in [0.05, 0.1) is 13.2 Å². The zero-order valence-electron chi connectivity index (χ0n) is 13.6. The van der Waals surface area contributed by atoms with Gasteiger partial charge < -0.3 is 21.1 Å². The molecule has 1 fully saturated rings. The maximum Gasteiger partial charge on any atom is 0.154 e. The van der Waals surface area contributed by atoms with Crippen molar-refractivity contribution in [2.24, 2.45) is 5.92 Å². The van der Waals surface area contributed by atoms with E-state index in [-0.39, 0.29) is 0 Å². The molecule has 0 atom stereocenters. The molecule has 22 heavy (non-hydrogen) atoms. The molecule has 1 aliphatic rings. The van der Waals surface area contributed by atoms with Crippen LogP contribution < -0.4 is 16.4 Å². The van der Waals surface area contributed by atoms with Gasteiger partial charge in [0.2, 0.25) is 0 Å². The molecule has 7 heteroatoms. The van der Waals surface area contributed by atoms with E-state index in [0.29, 0.717) is 23.2 Å². The first-order chi connectivity index (χ1) is 10.7. The van der Waals surface area contributed by atoms with Crippen molar-refractivity contribution >= 4 is 17.3 Å². The van der Waals surface area contributed by atoms with E-state index in [4.69, 9.17) is 10.5 Å². The summed E-state index contributed by atoms with van der Waals surface area (Å²) in [7, 11) is 0. The van der Waals surface area contributed by atoms with Crippen LogP contribution in [-0.2, 0) is 4.74 Å². The molecule has 2 heterocycles. The Morgan fingerprint density at radius 2 is 1.82 bits per heavy atom. The summed E-state index contributed by atoms with van der Waals surface area (Å²) in [6.07, 6.45) is 2.63. The van der Waals surface area contributed by atoms with Crippen molar-refractivity contribution in [2.45, 2.75) is 20.3 Å². The Bertz CT molecular complexity index is 448. The SMILES string of the molecule is CC(C)CCNc1ncnc(NCCN2CCOCC2)c1N. The van der Waals surface area contributed by atoms with Gasteiger partial charge in [0, 0.05) is 32.7 Å². The lowest BCUT2D eigenvalue weighted by Gasteiger charge is -2.26. The van der Waals surface area contributed by atoms with Crippen molar-refractivity contribution < 1.29 is 4.74 Å². The number of nitrogens with two attached hydrogens (primary N) is 1. The molecule has 1 aromatic rings. The third-order valence-electron chi connectivity index (χ3n) is 3.72. The number of nitrogen functional groups attached to an aromatic ring is 1. The highest BCUT2D eigenvalue weighted by atomic mass is 16.5. The summed E-state index contributed by atoms with van der Waals surface area (Å²) >= 11 is 0. The van der Waals surface area contributed by atoms with Crippen LogP contribution in [0, 0.1) is 5.92 Å². The van der Waals surface area contributed by atoms with Gasteiger partial charge in [-0.2, -0.15) is 0 Å². The quantitative estimate of drug-likeness (QED) is 0.666. The number of rotatable bonds is 8. The van der Waals surface area contributed by atoms with Crippen LogP contribution in [0.1, 0.15) is 20.3 Å². The van der Waals surface area contributed by atoms with E-state index in [2.05, 4.69) is 39.3 Å². The number of anilines is 3. The molecule has 0 spiro atoms. The van der Waals surface area contributed by atoms with Crippen LogP contribution in [-0.4, -0.2) is 60.8 Å². The van der Waals surface area contributed by atoms with Crippen molar-refractivity contribution in [3.8, 4) is 0 Å². The fourth-order valence-corrected chi connectivity index (χ4v) is 2.31. The van der Waals surface area contributed by atoms with Crippen molar-refractivity contribution in [1.29, 1.82) is 0 Å². The summed E-state index contributed by atoms with van der Waals surface area (Å²) in [6, 6.07) is 0. The monoisotopic (exact) mass is 308 g/mol. The Labute approximate surface area is 132 Å². The molecule has 0 aromatic carbocycles. The number of nitrogens with one attached hydrogen (secondary N) is 2. The fraction of sp³-hybridized carbons (Fsp3) is 0.733. The lowest BCUT2D eigenvalue weighted by Crippen LogP contribution is -2.39. The predicted molar refractivity (Wildman–Crippen MR) is 90.1 cm³/mol. The van der Waals surface area contributed by atoms with Crippen molar-refractivity contribution in [3.63, 3.8) is 0 Å². The largest absolute Gasteiger partial charge is 0.393 e.